The zero-order valence-electron chi connectivity index (χ0n) is 15.9. The highest BCUT2D eigenvalue weighted by Gasteiger charge is 2.51. The highest BCUT2D eigenvalue weighted by Crippen LogP contribution is 2.55. The molecule has 4 aliphatic carbocycles. The molecule has 4 aliphatic rings. The van der Waals surface area contributed by atoms with Gasteiger partial charge in [-0.3, -0.25) is 15.6 Å². The first kappa shape index (κ1) is 18.9. The standard InChI is InChI=1S/C19H27N5OS2/c1-11-3-12(2)21-18(20-11)27-10-16(25)23-24-17(26)22-19-7-13-4-14(8-19)6-15(5-13)9-19/h3,13-15H,4-10H2,1-2H3,(H,23,25)(H2,22,24,26). The van der Waals surface area contributed by atoms with Gasteiger partial charge in [-0.25, -0.2) is 9.97 Å². The van der Waals surface area contributed by atoms with E-state index in [1.807, 2.05) is 19.9 Å². The van der Waals surface area contributed by atoms with Crippen LogP contribution in [0, 0.1) is 31.6 Å². The first-order valence-corrected chi connectivity index (χ1v) is 11.1. The van der Waals surface area contributed by atoms with Crippen molar-refractivity contribution in [2.75, 3.05) is 5.75 Å². The molecule has 4 saturated carbocycles. The molecule has 6 nitrogen and oxygen atoms in total. The van der Waals surface area contributed by atoms with Crippen molar-refractivity contribution in [2.24, 2.45) is 17.8 Å². The molecular formula is C19H27N5OS2. The zero-order chi connectivity index (χ0) is 19.0. The summed E-state index contributed by atoms with van der Waals surface area (Å²) >= 11 is 6.78. The Kier molecular flexibility index (Phi) is 5.29. The molecule has 8 heteroatoms. The molecule has 0 atom stereocenters. The van der Waals surface area contributed by atoms with Crippen LogP contribution >= 0.6 is 24.0 Å². The summed E-state index contributed by atoms with van der Waals surface area (Å²) in [5.74, 6) is 2.67. The van der Waals surface area contributed by atoms with Crippen molar-refractivity contribution < 1.29 is 4.79 Å². The van der Waals surface area contributed by atoms with Crippen molar-refractivity contribution in [1.29, 1.82) is 0 Å². The Hall–Kier alpha value is -1.41. The third-order valence-corrected chi connectivity index (χ3v) is 7.08. The van der Waals surface area contributed by atoms with Crippen molar-refractivity contribution in [3.63, 3.8) is 0 Å². The Balaban J connectivity index is 1.23. The van der Waals surface area contributed by atoms with Gasteiger partial charge in [0.1, 0.15) is 0 Å². The van der Waals surface area contributed by atoms with E-state index in [9.17, 15) is 4.79 Å². The van der Waals surface area contributed by atoms with Gasteiger partial charge in [0.15, 0.2) is 10.3 Å². The van der Waals surface area contributed by atoms with Crippen molar-refractivity contribution in [3.8, 4) is 0 Å². The molecule has 1 amide bonds. The lowest BCUT2D eigenvalue weighted by molar-refractivity contribution is -0.119. The minimum atomic E-state index is -0.141. The molecular weight excluding hydrogens is 378 g/mol. The number of hydrogen-bond acceptors (Lipinski definition) is 5. The van der Waals surface area contributed by atoms with E-state index in [0.29, 0.717) is 10.3 Å². The Morgan fingerprint density at radius 3 is 2.22 bits per heavy atom. The Labute approximate surface area is 170 Å². The van der Waals surface area contributed by atoms with Gasteiger partial charge in [-0.2, -0.15) is 0 Å². The summed E-state index contributed by atoms with van der Waals surface area (Å²) in [5.41, 5.74) is 7.54. The smallest absolute Gasteiger partial charge is 0.248 e. The first-order chi connectivity index (χ1) is 12.9. The number of carbonyl (C=O) groups is 1. The lowest BCUT2D eigenvalue weighted by atomic mass is 9.53. The minimum Gasteiger partial charge on any atom is -0.356 e. The van der Waals surface area contributed by atoms with Crippen molar-refractivity contribution in [1.82, 2.24) is 26.1 Å². The number of thiocarbonyl (C=S) groups is 1. The fraction of sp³-hybridized carbons (Fsp3) is 0.684. The van der Waals surface area contributed by atoms with Gasteiger partial charge in [-0.15, -0.1) is 0 Å². The highest BCUT2D eigenvalue weighted by molar-refractivity contribution is 7.99. The summed E-state index contributed by atoms with van der Waals surface area (Å²) in [6.45, 7) is 3.85. The maximum absolute atomic E-state index is 12.1. The van der Waals surface area contributed by atoms with E-state index in [0.717, 1.165) is 29.1 Å². The maximum Gasteiger partial charge on any atom is 0.248 e. The van der Waals surface area contributed by atoms with Crippen LogP contribution in [0.5, 0.6) is 0 Å². The first-order valence-electron chi connectivity index (χ1n) is 9.71. The molecule has 0 unspecified atom stereocenters. The van der Waals surface area contributed by atoms with Gasteiger partial charge >= 0.3 is 0 Å². The van der Waals surface area contributed by atoms with Gasteiger partial charge in [0.05, 0.1) is 5.75 Å². The van der Waals surface area contributed by atoms with Crippen LogP contribution < -0.4 is 16.2 Å². The van der Waals surface area contributed by atoms with Gasteiger partial charge in [-0.05, 0) is 88.4 Å². The molecule has 0 spiro atoms. The predicted octanol–water partition coefficient (Wildman–Crippen LogP) is 2.65. The van der Waals surface area contributed by atoms with Crippen LogP contribution in [0.25, 0.3) is 0 Å². The lowest BCUT2D eigenvalue weighted by Crippen LogP contribution is -2.62. The molecule has 1 heterocycles. The molecule has 1 aromatic rings. The quantitative estimate of drug-likeness (QED) is 0.308. The van der Waals surface area contributed by atoms with Crippen molar-refractivity contribution >= 4 is 35.0 Å². The minimum absolute atomic E-state index is 0.141. The highest BCUT2D eigenvalue weighted by atomic mass is 32.2. The van der Waals surface area contributed by atoms with Gasteiger partial charge in [0, 0.05) is 16.9 Å². The second kappa shape index (κ2) is 7.54. The number of hydrazine groups is 1. The molecule has 4 bridgehead atoms. The van der Waals surface area contributed by atoms with Crippen LogP contribution in [0.1, 0.15) is 49.9 Å². The number of thioether (sulfide) groups is 1. The van der Waals surface area contributed by atoms with E-state index in [-0.39, 0.29) is 17.2 Å². The molecule has 0 aromatic carbocycles. The molecule has 1 aromatic heterocycles. The molecule has 146 valence electrons. The van der Waals surface area contributed by atoms with E-state index >= 15 is 0 Å². The summed E-state index contributed by atoms with van der Waals surface area (Å²) in [6, 6.07) is 1.92. The normalized spacial score (nSPS) is 30.8. The molecule has 0 saturated heterocycles. The zero-order valence-corrected chi connectivity index (χ0v) is 17.5. The van der Waals surface area contributed by atoms with E-state index in [1.54, 1.807) is 0 Å². The summed E-state index contributed by atoms with van der Waals surface area (Å²) in [4.78, 5) is 20.8. The monoisotopic (exact) mass is 405 g/mol. The maximum atomic E-state index is 12.1. The topological polar surface area (TPSA) is 78.9 Å². The van der Waals surface area contributed by atoms with E-state index in [1.165, 1.54) is 50.3 Å². The molecule has 4 fully saturated rings. The van der Waals surface area contributed by atoms with Gasteiger partial charge in [-0.1, -0.05) is 11.8 Å². The number of amides is 1. The predicted molar refractivity (Wildman–Crippen MR) is 110 cm³/mol. The fourth-order valence-corrected chi connectivity index (χ4v) is 6.60. The van der Waals surface area contributed by atoms with Crippen LogP contribution in [0.15, 0.2) is 11.2 Å². The largest absolute Gasteiger partial charge is 0.356 e. The van der Waals surface area contributed by atoms with E-state index in [4.69, 9.17) is 12.2 Å². The number of aromatic nitrogens is 2. The molecule has 0 aliphatic heterocycles. The number of carbonyl (C=O) groups excluding carboxylic acids is 1. The lowest BCUT2D eigenvalue weighted by Gasteiger charge is -2.57. The summed E-state index contributed by atoms with van der Waals surface area (Å²) in [7, 11) is 0. The van der Waals surface area contributed by atoms with Crippen molar-refractivity contribution in [2.45, 2.75) is 63.1 Å². The van der Waals surface area contributed by atoms with Crippen molar-refractivity contribution in [3.05, 3.63) is 17.5 Å². The number of aryl methyl sites for hydroxylation is 2. The third kappa shape index (κ3) is 4.54. The summed E-state index contributed by atoms with van der Waals surface area (Å²) in [5, 5.41) is 4.69. The van der Waals surface area contributed by atoms with Crippen LogP contribution in [-0.2, 0) is 4.79 Å². The summed E-state index contributed by atoms with van der Waals surface area (Å²) in [6.07, 6.45) is 7.85. The summed E-state index contributed by atoms with van der Waals surface area (Å²) < 4.78 is 0. The Morgan fingerprint density at radius 1 is 1.11 bits per heavy atom. The van der Waals surface area contributed by atoms with Gasteiger partial charge in [0.2, 0.25) is 5.91 Å². The van der Waals surface area contributed by atoms with Crippen LogP contribution in [-0.4, -0.2) is 32.3 Å². The van der Waals surface area contributed by atoms with Crippen LogP contribution in [0.3, 0.4) is 0 Å². The second-order valence-electron chi connectivity index (χ2n) is 8.55. The van der Waals surface area contributed by atoms with Gasteiger partial charge < -0.3 is 5.32 Å². The van der Waals surface area contributed by atoms with E-state index < -0.39 is 0 Å². The average molecular weight is 406 g/mol. The number of nitrogens with one attached hydrogen (secondary N) is 3. The molecule has 5 rings (SSSR count). The average Bonchev–Trinajstić information content (AvgIpc) is 2.55. The second-order valence-corrected chi connectivity index (χ2v) is 9.90. The van der Waals surface area contributed by atoms with Gasteiger partial charge in [0.25, 0.3) is 0 Å². The fourth-order valence-electron chi connectivity index (χ4n) is 5.59. The SMILES string of the molecule is Cc1cc(C)nc(SCC(=O)NNC(=S)NC23CC4CC(CC(C4)C2)C3)n1. The van der Waals surface area contributed by atoms with Crippen LogP contribution in [0.2, 0.25) is 0 Å². The third-order valence-electron chi connectivity index (χ3n) is 6.03. The Morgan fingerprint density at radius 2 is 1.67 bits per heavy atom. The molecule has 3 N–H and O–H groups in total. The van der Waals surface area contributed by atoms with Crippen LogP contribution in [0.4, 0.5) is 0 Å². The Bertz CT molecular complexity index is 698. The van der Waals surface area contributed by atoms with E-state index in [2.05, 4.69) is 26.1 Å². The number of rotatable bonds is 4. The molecule has 0 radical (unpaired) electrons. The molecule has 27 heavy (non-hydrogen) atoms. The number of hydrogen-bond donors (Lipinski definition) is 3. The number of nitrogens with zero attached hydrogens (tertiary/aromatic N) is 2.